The number of hydrogen-bond acceptors (Lipinski definition) is 6. The zero-order chi connectivity index (χ0) is 29.1. The van der Waals surface area contributed by atoms with Gasteiger partial charge in [-0.15, -0.1) is 0 Å². The highest BCUT2D eigenvalue weighted by Gasteiger charge is 2.47. The third kappa shape index (κ3) is 8.58. The molecule has 3 aliphatic rings. The molecule has 0 spiro atoms. The lowest BCUT2D eigenvalue weighted by Gasteiger charge is -2.35. The fraction of sp³-hybridized carbons (Fsp3) is 0.808. The van der Waals surface area contributed by atoms with Crippen LogP contribution in [0.15, 0.2) is 0 Å². The Kier molecular flexibility index (Phi) is 9.56. The number of nitrogens with zero attached hydrogens (tertiary/aromatic N) is 1. The van der Waals surface area contributed by atoms with E-state index in [1.807, 2.05) is 0 Å². The van der Waals surface area contributed by atoms with Gasteiger partial charge in [0.1, 0.15) is 12.1 Å². The third-order valence-corrected chi connectivity index (χ3v) is 7.57. The molecule has 4 unspecified atom stereocenters. The van der Waals surface area contributed by atoms with E-state index in [9.17, 15) is 37.9 Å². The van der Waals surface area contributed by atoms with Gasteiger partial charge in [-0.25, -0.2) is 13.6 Å². The molecule has 13 heteroatoms. The highest BCUT2D eigenvalue weighted by Crippen LogP contribution is 2.35. The van der Waals surface area contributed by atoms with E-state index in [4.69, 9.17) is 4.74 Å². The number of ketones is 1. The zero-order valence-electron chi connectivity index (χ0n) is 22.9. The number of halogens is 2. The van der Waals surface area contributed by atoms with E-state index < -0.39 is 71.9 Å². The predicted molar refractivity (Wildman–Crippen MR) is 135 cm³/mol. The van der Waals surface area contributed by atoms with Crippen LogP contribution in [0.5, 0.6) is 0 Å². The number of carboxylic acid groups (broad SMARTS) is 1. The van der Waals surface area contributed by atoms with Gasteiger partial charge >= 0.3 is 6.09 Å². The number of likely N-dealkylation sites (tertiary alicyclic amines) is 1. The van der Waals surface area contributed by atoms with E-state index in [2.05, 4.69) is 16.0 Å². The maximum Gasteiger partial charge on any atom is 0.405 e. The van der Waals surface area contributed by atoms with Crippen molar-refractivity contribution in [3.05, 3.63) is 0 Å². The van der Waals surface area contributed by atoms with Crippen LogP contribution in [0.2, 0.25) is 0 Å². The fourth-order valence-corrected chi connectivity index (χ4v) is 5.14. The molecule has 4 N–H and O–H groups in total. The van der Waals surface area contributed by atoms with Crippen molar-refractivity contribution in [2.24, 2.45) is 17.3 Å². The van der Waals surface area contributed by atoms with E-state index in [1.165, 1.54) is 4.90 Å². The van der Waals surface area contributed by atoms with Gasteiger partial charge in [0.05, 0.1) is 6.04 Å². The third-order valence-electron chi connectivity index (χ3n) is 7.57. The number of hydrogen-bond donors (Lipinski definition) is 4. The molecule has 0 aromatic carbocycles. The predicted octanol–water partition coefficient (Wildman–Crippen LogP) is 1.69. The molecule has 2 saturated heterocycles. The van der Waals surface area contributed by atoms with Gasteiger partial charge in [-0.2, -0.15) is 0 Å². The molecule has 0 aromatic rings. The molecule has 1 aliphatic carbocycles. The van der Waals surface area contributed by atoms with Gasteiger partial charge in [-0.1, -0.05) is 20.8 Å². The molecule has 3 fully saturated rings. The van der Waals surface area contributed by atoms with Crippen molar-refractivity contribution in [2.45, 2.75) is 96.3 Å². The minimum Gasteiger partial charge on any atom is -0.465 e. The maximum atomic E-state index is 13.7. The summed E-state index contributed by atoms with van der Waals surface area (Å²) in [7, 11) is 0. The van der Waals surface area contributed by atoms with Crippen LogP contribution in [0.4, 0.5) is 13.6 Å². The van der Waals surface area contributed by atoms with Crippen molar-refractivity contribution < 1.29 is 42.6 Å². The Bertz CT molecular complexity index is 955. The summed E-state index contributed by atoms with van der Waals surface area (Å²) in [4.78, 5) is 65.3. The largest absolute Gasteiger partial charge is 0.465 e. The lowest BCUT2D eigenvalue weighted by atomic mass is 9.85. The molecule has 3 rings (SSSR count). The van der Waals surface area contributed by atoms with E-state index in [-0.39, 0.29) is 30.8 Å². The summed E-state index contributed by atoms with van der Waals surface area (Å²) in [6.07, 6.45) is -0.180. The Hall–Kier alpha value is -2.83. The van der Waals surface area contributed by atoms with Crippen LogP contribution in [0.1, 0.15) is 66.2 Å². The monoisotopic (exact) mass is 558 g/mol. The average Bonchev–Trinajstić information content (AvgIpc) is 3.29. The molecular weight excluding hydrogens is 518 g/mol. The zero-order valence-corrected chi connectivity index (χ0v) is 22.9. The van der Waals surface area contributed by atoms with Gasteiger partial charge < -0.3 is 30.7 Å². The maximum absolute atomic E-state index is 13.7. The topological polar surface area (TPSA) is 154 Å². The van der Waals surface area contributed by atoms with Crippen molar-refractivity contribution >= 4 is 29.6 Å². The van der Waals surface area contributed by atoms with E-state index in [1.54, 1.807) is 20.8 Å². The number of nitrogens with one attached hydrogen (secondary N) is 3. The second-order valence-corrected chi connectivity index (χ2v) is 12.2. The summed E-state index contributed by atoms with van der Waals surface area (Å²) in [6, 6.07) is -3.88. The van der Waals surface area contributed by atoms with Crippen molar-refractivity contribution in [2.75, 3.05) is 19.8 Å². The molecule has 39 heavy (non-hydrogen) atoms. The summed E-state index contributed by atoms with van der Waals surface area (Å²) in [5.41, 5.74) is -0.822. The van der Waals surface area contributed by atoms with Crippen molar-refractivity contribution in [1.82, 2.24) is 20.9 Å². The van der Waals surface area contributed by atoms with Crippen molar-refractivity contribution in [3.8, 4) is 0 Å². The summed E-state index contributed by atoms with van der Waals surface area (Å²) in [5, 5.41) is 16.6. The van der Waals surface area contributed by atoms with Crippen molar-refractivity contribution in [1.29, 1.82) is 0 Å². The summed E-state index contributed by atoms with van der Waals surface area (Å²) < 4.78 is 32.8. The van der Waals surface area contributed by atoms with Crippen LogP contribution < -0.4 is 16.0 Å². The summed E-state index contributed by atoms with van der Waals surface area (Å²) in [6.45, 7) is 6.95. The molecule has 5 atom stereocenters. The molecular formula is C26H40F2N4O7. The number of Topliss-reactive ketones (excluding diaryl/α,β-unsaturated/α-hetero) is 1. The summed E-state index contributed by atoms with van der Waals surface area (Å²) in [5.74, 6) is -6.46. The Morgan fingerprint density at radius 2 is 1.69 bits per heavy atom. The number of carbonyl (C=O) groups is 5. The molecule has 11 nitrogen and oxygen atoms in total. The number of alkyl halides is 2. The quantitative estimate of drug-likeness (QED) is 0.282. The lowest BCUT2D eigenvalue weighted by molar-refractivity contribution is -0.144. The van der Waals surface area contributed by atoms with Gasteiger partial charge in [0.15, 0.2) is 0 Å². The Morgan fingerprint density at radius 3 is 2.21 bits per heavy atom. The Balaban J connectivity index is 1.84. The van der Waals surface area contributed by atoms with Gasteiger partial charge in [0.2, 0.25) is 23.5 Å². The Morgan fingerprint density at radius 1 is 1.03 bits per heavy atom. The van der Waals surface area contributed by atoms with E-state index in [0.29, 0.717) is 33.0 Å². The molecule has 2 heterocycles. The minimum absolute atomic E-state index is 0.0825. The number of carbonyl (C=O) groups excluding carboxylic acids is 4. The molecule has 1 saturated carbocycles. The molecule has 4 amide bonds. The van der Waals surface area contributed by atoms with Gasteiger partial charge in [0, 0.05) is 32.2 Å². The highest BCUT2D eigenvalue weighted by atomic mass is 19.3. The first-order valence-corrected chi connectivity index (χ1v) is 13.5. The van der Waals surface area contributed by atoms with Crippen LogP contribution in [0.3, 0.4) is 0 Å². The van der Waals surface area contributed by atoms with Crippen LogP contribution in [0.25, 0.3) is 0 Å². The van der Waals surface area contributed by atoms with Crippen LogP contribution >= 0.6 is 0 Å². The average molecular weight is 559 g/mol. The number of ether oxygens (including phenoxy) is 1. The van der Waals surface area contributed by atoms with Crippen LogP contribution in [0, 0.1) is 17.3 Å². The Labute approximate surface area is 226 Å². The minimum atomic E-state index is -3.12. The molecule has 0 bridgehead atoms. The first kappa shape index (κ1) is 30.7. The first-order chi connectivity index (χ1) is 18.1. The molecule has 2 aliphatic heterocycles. The van der Waals surface area contributed by atoms with E-state index >= 15 is 0 Å². The molecule has 220 valence electrons. The fourth-order valence-electron chi connectivity index (χ4n) is 5.14. The smallest absolute Gasteiger partial charge is 0.405 e. The van der Waals surface area contributed by atoms with Gasteiger partial charge in [0.25, 0.3) is 5.91 Å². The van der Waals surface area contributed by atoms with Crippen LogP contribution in [-0.2, 0) is 23.9 Å². The van der Waals surface area contributed by atoms with Gasteiger partial charge in [-0.05, 0) is 56.3 Å². The second kappa shape index (κ2) is 12.1. The molecule has 0 radical (unpaired) electrons. The molecule has 0 aromatic heterocycles. The van der Waals surface area contributed by atoms with Gasteiger partial charge in [-0.3, -0.25) is 19.2 Å². The van der Waals surface area contributed by atoms with E-state index in [0.717, 1.165) is 6.42 Å². The summed E-state index contributed by atoms with van der Waals surface area (Å²) >= 11 is 0. The first-order valence-electron chi connectivity index (χ1n) is 13.5. The van der Waals surface area contributed by atoms with Crippen LogP contribution in [-0.4, -0.2) is 89.5 Å². The standard InChI is InChI=1S/C26H40F2N4O7/c1-25(2,3)20(31-24(37)38)23(36)32-12-15(14-8-10-39-13-14)11-18(32)21(34)30-17(7-9-26(4,27)28)19(33)22(35)29-16-5-6-16/h14-18,20,31H,5-13H2,1-4H3,(H,29,35)(H,30,34)(H,37,38)/t14?,15?,17?,18-,20?/m0/s1. The second-order valence-electron chi connectivity index (χ2n) is 12.2. The highest BCUT2D eigenvalue weighted by molar-refractivity contribution is 6.38. The normalized spacial score (nSPS) is 25.1. The number of amides is 4. The lowest BCUT2D eigenvalue weighted by Crippen LogP contribution is -2.59. The van der Waals surface area contributed by atoms with Crippen molar-refractivity contribution in [3.63, 3.8) is 0 Å². The SMILES string of the molecule is CC(F)(F)CCC(NC(=O)[C@@H]1CC(C2CCOC2)CN1C(=O)C(NC(=O)O)C(C)(C)C)C(=O)C(=O)NC1CC1. The number of rotatable bonds is 11.